The number of ether oxygens (including phenoxy) is 2. The summed E-state index contributed by atoms with van der Waals surface area (Å²) >= 11 is 0. The van der Waals surface area contributed by atoms with Crippen molar-refractivity contribution in [1.29, 1.82) is 0 Å². The zero-order valence-electron chi connectivity index (χ0n) is 16.6. The van der Waals surface area contributed by atoms with Gasteiger partial charge in [0, 0.05) is 49.8 Å². The molecule has 0 unspecified atom stereocenters. The van der Waals surface area contributed by atoms with Crippen molar-refractivity contribution in [2.45, 2.75) is 39.2 Å². The van der Waals surface area contributed by atoms with Crippen LogP contribution >= 0.6 is 0 Å². The number of pyridine rings is 1. The van der Waals surface area contributed by atoms with E-state index in [2.05, 4.69) is 29.8 Å². The van der Waals surface area contributed by atoms with E-state index in [9.17, 15) is 4.79 Å². The molecule has 1 aliphatic heterocycles. The molecule has 0 bridgehead atoms. The third-order valence-corrected chi connectivity index (χ3v) is 5.06. The fraction of sp³-hybridized carbons (Fsp3) is 0.455. The summed E-state index contributed by atoms with van der Waals surface area (Å²) in [4.78, 5) is 18.3. The molecule has 144 valence electrons. The minimum absolute atomic E-state index is 0.296. The Kier molecular flexibility index (Phi) is 6.11. The van der Waals surface area contributed by atoms with Crippen molar-refractivity contribution < 1.29 is 14.3 Å². The van der Waals surface area contributed by atoms with E-state index >= 15 is 0 Å². The molecule has 5 nitrogen and oxygen atoms in total. The highest BCUT2D eigenvalue weighted by Gasteiger charge is 2.18. The van der Waals surface area contributed by atoms with Crippen molar-refractivity contribution in [3.05, 3.63) is 41.6 Å². The number of ketones is 1. The molecule has 1 aromatic carbocycles. The first-order valence-electron chi connectivity index (χ1n) is 9.47. The fourth-order valence-corrected chi connectivity index (χ4v) is 3.61. The summed E-state index contributed by atoms with van der Waals surface area (Å²) in [5.74, 6) is 2.30. The molecule has 1 aliphatic rings. The Bertz CT molecular complexity index is 782. The number of carbonyl (C=O) groups excluding carboxylic acids is 1. The summed E-state index contributed by atoms with van der Waals surface area (Å²) in [7, 11) is 3.37. The third-order valence-electron chi connectivity index (χ3n) is 5.06. The zero-order valence-corrected chi connectivity index (χ0v) is 16.6. The number of rotatable bonds is 6. The normalized spacial score (nSPS) is 15.2. The lowest BCUT2D eigenvalue weighted by molar-refractivity contribution is -0.121. The van der Waals surface area contributed by atoms with Gasteiger partial charge in [0.05, 0.1) is 19.9 Å². The van der Waals surface area contributed by atoms with Gasteiger partial charge in [0.25, 0.3) is 0 Å². The van der Waals surface area contributed by atoms with Gasteiger partial charge < -0.3 is 9.47 Å². The van der Waals surface area contributed by atoms with Crippen LogP contribution in [0.3, 0.4) is 0 Å². The monoisotopic (exact) mass is 368 g/mol. The van der Waals surface area contributed by atoms with Crippen LogP contribution in [0.4, 0.5) is 0 Å². The molecular weight excluding hydrogens is 340 g/mol. The van der Waals surface area contributed by atoms with Gasteiger partial charge in [-0.3, -0.25) is 14.7 Å². The largest absolute Gasteiger partial charge is 0.496 e. The number of methoxy groups -OCH3 is 2. The molecule has 2 aromatic rings. The second-order valence-electron chi connectivity index (χ2n) is 7.31. The molecule has 0 atom stereocenters. The van der Waals surface area contributed by atoms with Crippen LogP contribution < -0.4 is 9.47 Å². The lowest BCUT2D eigenvalue weighted by atomic mass is 9.97. The van der Waals surface area contributed by atoms with Crippen molar-refractivity contribution in [2.75, 3.05) is 27.3 Å². The first-order valence-corrected chi connectivity index (χ1v) is 9.47. The third kappa shape index (κ3) is 4.48. The van der Waals surface area contributed by atoms with Gasteiger partial charge in [0.2, 0.25) is 0 Å². The van der Waals surface area contributed by atoms with E-state index in [0.29, 0.717) is 24.5 Å². The van der Waals surface area contributed by atoms with Gasteiger partial charge >= 0.3 is 0 Å². The zero-order chi connectivity index (χ0) is 19.4. The quantitative estimate of drug-likeness (QED) is 0.770. The van der Waals surface area contributed by atoms with Gasteiger partial charge in [-0.05, 0) is 35.7 Å². The summed E-state index contributed by atoms with van der Waals surface area (Å²) < 4.78 is 11.3. The van der Waals surface area contributed by atoms with E-state index in [4.69, 9.17) is 9.47 Å². The Morgan fingerprint density at radius 2 is 1.70 bits per heavy atom. The van der Waals surface area contributed by atoms with Gasteiger partial charge in [0.15, 0.2) is 0 Å². The van der Waals surface area contributed by atoms with Crippen LogP contribution in [0, 0.1) is 0 Å². The minimum Gasteiger partial charge on any atom is -0.496 e. The molecule has 0 radical (unpaired) electrons. The van der Waals surface area contributed by atoms with Crippen LogP contribution in [0.1, 0.15) is 43.7 Å². The Morgan fingerprint density at radius 1 is 1.07 bits per heavy atom. The molecule has 0 spiro atoms. The summed E-state index contributed by atoms with van der Waals surface area (Å²) in [5.41, 5.74) is 4.13. The van der Waals surface area contributed by atoms with E-state index in [1.54, 1.807) is 14.2 Å². The summed E-state index contributed by atoms with van der Waals surface area (Å²) in [6.07, 6.45) is 3.15. The highest BCUT2D eigenvalue weighted by Crippen LogP contribution is 2.39. The lowest BCUT2D eigenvalue weighted by Crippen LogP contribution is -2.33. The van der Waals surface area contributed by atoms with E-state index < -0.39 is 0 Å². The second-order valence-corrected chi connectivity index (χ2v) is 7.31. The van der Waals surface area contributed by atoms with Gasteiger partial charge in [-0.1, -0.05) is 13.8 Å². The summed E-state index contributed by atoms with van der Waals surface area (Å²) in [5, 5.41) is 0. The SMILES string of the molecule is COc1cc(-c2cc(CN3CCC(=O)CC3)ccn2)cc(OC)c1C(C)C. The highest BCUT2D eigenvalue weighted by atomic mass is 16.5. The molecule has 1 fully saturated rings. The highest BCUT2D eigenvalue weighted by molar-refractivity contribution is 5.79. The maximum Gasteiger partial charge on any atom is 0.135 e. The number of Topliss-reactive ketones (excluding diaryl/α,β-unsaturated/α-hetero) is 1. The fourth-order valence-electron chi connectivity index (χ4n) is 3.61. The molecule has 0 aliphatic carbocycles. The predicted molar refractivity (Wildman–Crippen MR) is 106 cm³/mol. The average molecular weight is 368 g/mol. The maximum atomic E-state index is 11.4. The number of benzene rings is 1. The van der Waals surface area contributed by atoms with Crippen molar-refractivity contribution in [3.8, 4) is 22.8 Å². The van der Waals surface area contributed by atoms with Crippen molar-refractivity contribution in [3.63, 3.8) is 0 Å². The van der Waals surface area contributed by atoms with Gasteiger partial charge in [-0.2, -0.15) is 0 Å². The maximum absolute atomic E-state index is 11.4. The predicted octanol–water partition coefficient (Wildman–Crippen LogP) is 4.05. The number of hydrogen-bond acceptors (Lipinski definition) is 5. The Labute approximate surface area is 161 Å². The van der Waals surface area contributed by atoms with Gasteiger partial charge in [0.1, 0.15) is 17.3 Å². The number of carbonyl (C=O) groups is 1. The molecule has 0 amide bonds. The molecule has 2 heterocycles. The molecule has 5 heteroatoms. The molecular formula is C22H28N2O3. The van der Waals surface area contributed by atoms with Crippen LogP contribution in [0.15, 0.2) is 30.5 Å². The van der Waals surface area contributed by atoms with E-state index in [1.165, 1.54) is 5.56 Å². The number of piperidine rings is 1. The van der Waals surface area contributed by atoms with Crippen LogP contribution in [0.2, 0.25) is 0 Å². The van der Waals surface area contributed by atoms with Crippen LogP contribution in [0.5, 0.6) is 11.5 Å². The molecule has 27 heavy (non-hydrogen) atoms. The van der Waals surface area contributed by atoms with Crippen LogP contribution in [-0.4, -0.2) is 43.0 Å². The van der Waals surface area contributed by atoms with Crippen LogP contribution in [0.25, 0.3) is 11.3 Å². The second kappa shape index (κ2) is 8.53. The summed E-state index contributed by atoms with van der Waals surface area (Å²) in [6.45, 7) is 6.76. The Morgan fingerprint density at radius 3 is 2.26 bits per heavy atom. The number of hydrogen-bond donors (Lipinski definition) is 0. The molecule has 1 aromatic heterocycles. The molecule has 1 saturated heterocycles. The number of aromatic nitrogens is 1. The van der Waals surface area contributed by atoms with E-state index in [-0.39, 0.29) is 0 Å². The Balaban J connectivity index is 1.89. The van der Waals surface area contributed by atoms with Crippen LogP contribution in [-0.2, 0) is 11.3 Å². The number of nitrogens with zero attached hydrogens (tertiary/aromatic N) is 2. The Hall–Kier alpha value is -2.40. The van der Waals surface area contributed by atoms with Crippen molar-refractivity contribution in [1.82, 2.24) is 9.88 Å². The standard InChI is InChI=1S/C22H28N2O3/c1-15(2)22-20(26-3)12-17(13-21(22)27-4)19-11-16(5-8-23-19)14-24-9-6-18(25)7-10-24/h5,8,11-13,15H,6-7,9-10,14H2,1-4H3. The van der Waals surface area contributed by atoms with E-state index in [0.717, 1.165) is 48.0 Å². The van der Waals surface area contributed by atoms with Gasteiger partial charge in [-0.25, -0.2) is 0 Å². The topological polar surface area (TPSA) is 51.7 Å². The molecule has 3 rings (SSSR count). The molecule has 0 N–H and O–H groups in total. The summed E-state index contributed by atoms with van der Waals surface area (Å²) in [6, 6.07) is 8.21. The van der Waals surface area contributed by atoms with E-state index in [1.807, 2.05) is 24.4 Å². The smallest absolute Gasteiger partial charge is 0.135 e. The average Bonchev–Trinajstić information content (AvgIpc) is 2.68. The lowest BCUT2D eigenvalue weighted by Gasteiger charge is -2.25. The van der Waals surface area contributed by atoms with Gasteiger partial charge in [-0.15, -0.1) is 0 Å². The first kappa shape index (κ1) is 19.4. The number of likely N-dealkylation sites (tertiary alicyclic amines) is 1. The molecule has 0 saturated carbocycles. The minimum atomic E-state index is 0.296. The van der Waals surface area contributed by atoms with Crippen molar-refractivity contribution >= 4 is 5.78 Å². The first-order chi connectivity index (χ1) is 13.0. The van der Waals surface area contributed by atoms with Crippen molar-refractivity contribution in [2.24, 2.45) is 0 Å².